The van der Waals surface area contributed by atoms with Crippen molar-refractivity contribution in [2.24, 2.45) is 5.92 Å². The van der Waals surface area contributed by atoms with Crippen molar-refractivity contribution in [1.29, 1.82) is 0 Å². The Kier molecular flexibility index (Phi) is 9.24. The fourth-order valence-corrected chi connectivity index (χ4v) is 6.45. The average molecular weight is 612 g/mol. The van der Waals surface area contributed by atoms with Crippen LogP contribution in [-0.4, -0.2) is 84.4 Å². The third-order valence-electron chi connectivity index (χ3n) is 8.65. The Labute approximate surface area is 246 Å². The fraction of sp³-hybridized carbons (Fsp3) is 0.548. The third-order valence-corrected chi connectivity index (χ3v) is 8.65. The number of likely N-dealkylation sites (tertiary alicyclic amines) is 1. The van der Waals surface area contributed by atoms with Gasteiger partial charge in [-0.2, -0.15) is 13.2 Å². The van der Waals surface area contributed by atoms with Gasteiger partial charge in [-0.25, -0.2) is 0 Å². The van der Waals surface area contributed by atoms with E-state index in [2.05, 4.69) is 4.74 Å². The zero-order valence-corrected chi connectivity index (χ0v) is 23.7. The lowest BCUT2D eigenvalue weighted by Crippen LogP contribution is -2.50. The van der Waals surface area contributed by atoms with Crippen molar-refractivity contribution in [3.8, 4) is 16.9 Å². The molecule has 1 saturated carbocycles. The summed E-state index contributed by atoms with van der Waals surface area (Å²) in [6, 6.07) is 11.1. The summed E-state index contributed by atoms with van der Waals surface area (Å²) < 4.78 is 82.5. The van der Waals surface area contributed by atoms with Crippen molar-refractivity contribution in [1.82, 2.24) is 14.7 Å². The first kappa shape index (κ1) is 31.2. The molecule has 2 amide bonds. The van der Waals surface area contributed by atoms with Crippen LogP contribution in [0.15, 0.2) is 42.5 Å². The molecule has 12 heteroatoms. The number of alkyl halides is 6. The number of carbonyl (C=O) groups is 2. The number of ether oxygens (including phenoxy) is 1. The highest BCUT2D eigenvalue weighted by Gasteiger charge is 2.38. The Bertz CT molecular complexity index is 1280. The van der Waals surface area contributed by atoms with Gasteiger partial charge in [0.1, 0.15) is 5.75 Å². The number of amides is 2. The Morgan fingerprint density at radius 1 is 0.814 bits per heavy atom. The lowest BCUT2D eigenvalue weighted by Gasteiger charge is -2.35. The van der Waals surface area contributed by atoms with Crippen LogP contribution in [-0.2, 0) is 11.2 Å². The number of rotatable bonds is 7. The number of hydrogen-bond donors (Lipinski definition) is 0. The summed E-state index contributed by atoms with van der Waals surface area (Å²) in [7, 11) is 0. The molecule has 2 heterocycles. The van der Waals surface area contributed by atoms with E-state index in [0.29, 0.717) is 35.2 Å². The van der Waals surface area contributed by atoms with Gasteiger partial charge >= 0.3 is 12.5 Å². The second kappa shape index (κ2) is 12.8. The monoisotopic (exact) mass is 611 g/mol. The maximum atomic E-state index is 13.4. The molecule has 1 aliphatic carbocycles. The number of piperazine rings is 1. The van der Waals surface area contributed by atoms with Gasteiger partial charge in [0.15, 0.2) is 0 Å². The largest absolute Gasteiger partial charge is 0.573 e. The topological polar surface area (TPSA) is 53.1 Å². The number of benzene rings is 2. The minimum atomic E-state index is -4.92. The van der Waals surface area contributed by atoms with Crippen LogP contribution in [0.1, 0.15) is 54.4 Å². The van der Waals surface area contributed by atoms with E-state index in [0.717, 1.165) is 32.1 Å². The Hall–Kier alpha value is -3.28. The predicted molar refractivity (Wildman–Crippen MR) is 147 cm³/mol. The van der Waals surface area contributed by atoms with Crippen LogP contribution in [0.25, 0.3) is 11.1 Å². The van der Waals surface area contributed by atoms with Gasteiger partial charge < -0.3 is 14.5 Å². The van der Waals surface area contributed by atoms with Crippen molar-refractivity contribution in [3.63, 3.8) is 0 Å². The molecule has 234 valence electrons. The van der Waals surface area contributed by atoms with E-state index in [4.69, 9.17) is 0 Å². The second-order valence-electron chi connectivity index (χ2n) is 11.6. The lowest BCUT2D eigenvalue weighted by molar-refractivity contribution is -0.274. The molecule has 0 spiro atoms. The minimum absolute atomic E-state index is 0.00374. The molecule has 3 fully saturated rings. The zero-order valence-electron chi connectivity index (χ0n) is 23.7. The van der Waals surface area contributed by atoms with Crippen LogP contribution < -0.4 is 4.74 Å². The molecule has 2 saturated heterocycles. The maximum Gasteiger partial charge on any atom is 0.573 e. The first-order valence-electron chi connectivity index (χ1n) is 14.7. The normalized spacial score (nSPS) is 21.0. The molecule has 2 aromatic rings. The molecule has 0 radical (unpaired) electrons. The fourth-order valence-electron chi connectivity index (χ4n) is 6.45. The number of hydrogen-bond acceptors (Lipinski definition) is 4. The summed E-state index contributed by atoms with van der Waals surface area (Å²) in [6.07, 6.45) is -3.19. The highest BCUT2D eigenvalue weighted by atomic mass is 19.4. The molecule has 1 atom stereocenters. The Morgan fingerprint density at radius 2 is 1.47 bits per heavy atom. The maximum absolute atomic E-state index is 13.4. The van der Waals surface area contributed by atoms with E-state index in [1.54, 1.807) is 36.4 Å². The molecular formula is C31H35F6N3O3. The first-order valence-corrected chi connectivity index (χ1v) is 14.7. The van der Waals surface area contributed by atoms with Gasteiger partial charge in [0, 0.05) is 50.2 Å². The van der Waals surface area contributed by atoms with Crippen molar-refractivity contribution in [2.75, 3.05) is 39.3 Å². The van der Waals surface area contributed by atoms with E-state index in [-0.39, 0.29) is 56.2 Å². The highest BCUT2D eigenvalue weighted by molar-refractivity contribution is 5.94. The standard InChI is InChI=1S/C31H35F6N3O3/c32-30(33,34)20-38-14-16-39(17-15-38)28(41)22-8-6-21(7-9-22)23-10-11-24(27(19-23)43-31(35,36)37)18-25-12-13-40(29(25)42)26-4-2-1-3-5-26/h6-11,19,25-26H,1-5,12-18,20H2. The van der Waals surface area contributed by atoms with Gasteiger partial charge in [-0.05, 0) is 60.6 Å². The van der Waals surface area contributed by atoms with Gasteiger partial charge in [0.25, 0.3) is 5.91 Å². The number of halogens is 6. The summed E-state index contributed by atoms with van der Waals surface area (Å²) >= 11 is 0. The van der Waals surface area contributed by atoms with Gasteiger partial charge in [0.05, 0.1) is 6.54 Å². The molecule has 5 rings (SSSR count). The summed E-state index contributed by atoms with van der Waals surface area (Å²) in [4.78, 5) is 30.7. The van der Waals surface area contributed by atoms with Crippen LogP contribution in [0.2, 0.25) is 0 Å². The molecule has 2 aliphatic heterocycles. The SMILES string of the molecule is O=C(c1ccc(-c2ccc(CC3CCN(C4CCCCC4)C3=O)c(OC(F)(F)F)c2)cc1)N1CCN(CC(F)(F)F)CC1. The number of nitrogens with zero attached hydrogens (tertiary/aromatic N) is 3. The van der Waals surface area contributed by atoms with Crippen molar-refractivity contribution in [3.05, 3.63) is 53.6 Å². The molecular weight excluding hydrogens is 576 g/mol. The molecule has 0 aromatic heterocycles. The second-order valence-corrected chi connectivity index (χ2v) is 11.6. The lowest BCUT2D eigenvalue weighted by atomic mass is 9.93. The summed E-state index contributed by atoms with van der Waals surface area (Å²) in [5.74, 6) is -1.08. The van der Waals surface area contributed by atoms with Crippen LogP contribution >= 0.6 is 0 Å². The molecule has 0 N–H and O–H groups in total. The van der Waals surface area contributed by atoms with Crippen LogP contribution in [0.4, 0.5) is 26.3 Å². The van der Waals surface area contributed by atoms with Crippen molar-refractivity contribution >= 4 is 11.8 Å². The smallest absolute Gasteiger partial charge is 0.405 e. The van der Waals surface area contributed by atoms with E-state index in [1.807, 2.05) is 4.90 Å². The molecule has 0 bridgehead atoms. The van der Waals surface area contributed by atoms with Crippen molar-refractivity contribution < 1.29 is 40.7 Å². The summed E-state index contributed by atoms with van der Waals surface area (Å²) in [6.45, 7) is 0.163. The Morgan fingerprint density at radius 3 is 2.09 bits per heavy atom. The summed E-state index contributed by atoms with van der Waals surface area (Å²) in [5, 5.41) is 0. The predicted octanol–water partition coefficient (Wildman–Crippen LogP) is 6.30. The zero-order chi connectivity index (χ0) is 30.8. The van der Waals surface area contributed by atoms with Gasteiger partial charge in [0.2, 0.25) is 5.91 Å². The number of carbonyl (C=O) groups excluding carboxylic acids is 2. The summed E-state index contributed by atoms with van der Waals surface area (Å²) in [5.41, 5.74) is 1.65. The van der Waals surface area contributed by atoms with Crippen LogP contribution in [0, 0.1) is 5.92 Å². The van der Waals surface area contributed by atoms with Gasteiger partial charge in [-0.15, -0.1) is 13.2 Å². The third kappa shape index (κ3) is 8.01. The molecule has 1 unspecified atom stereocenters. The van der Waals surface area contributed by atoms with E-state index < -0.39 is 25.0 Å². The average Bonchev–Trinajstić information content (AvgIpc) is 3.32. The van der Waals surface area contributed by atoms with Gasteiger partial charge in [-0.1, -0.05) is 43.5 Å². The molecule has 43 heavy (non-hydrogen) atoms. The van der Waals surface area contributed by atoms with E-state index in [1.165, 1.54) is 15.9 Å². The van der Waals surface area contributed by atoms with Gasteiger partial charge in [-0.3, -0.25) is 14.5 Å². The molecule has 2 aromatic carbocycles. The van der Waals surface area contributed by atoms with Crippen molar-refractivity contribution in [2.45, 2.75) is 63.5 Å². The Balaban J connectivity index is 1.26. The molecule has 3 aliphatic rings. The van der Waals surface area contributed by atoms with Crippen LogP contribution in [0.5, 0.6) is 5.75 Å². The first-order chi connectivity index (χ1) is 20.4. The van der Waals surface area contributed by atoms with E-state index >= 15 is 0 Å². The quantitative estimate of drug-likeness (QED) is 0.345. The minimum Gasteiger partial charge on any atom is -0.405 e. The van der Waals surface area contributed by atoms with Crippen LogP contribution in [0.3, 0.4) is 0 Å². The molecule has 6 nitrogen and oxygen atoms in total. The van der Waals surface area contributed by atoms with E-state index in [9.17, 15) is 35.9 Å². The highest BCUT2D eigenvalue weighted by Crippen LogP contribution is 2.36.